The van der Waals surface area contributed by atoms with Crippen LogP contribution >= 0.6 is 11.8 Å². The lowest BCUT2D eigenvalue weighted by Crippen LogP contribution is -2.18. The summed E-state index contributed by atoms with van der Waals surface area (Å²) in [6.45, 7) is 14.0. The molecule has 0 unspecified atom stereocenters. The molecule has 1 nitrogen and oxygen atoms in total. The summed E-state index contributed by atoms with van der Waals surface area (Å²) in [7, 11) is 0. The van der Waals surface area contributed by atoms with Crippen LogP contribution < -0.4 is 4.90 Å². The molecule has 35 heavy (non-hydrogen) atoms. The van der Waals surface area contributed by atoms with Gasteiger partial charge >= 0.3 is 0 Å². The van der Waals surface area contributed by atoms with Gasteiger partial charge in [-0.1, -0.05) is 91.5 Å². The fourth-order valence-electron chi connectivity index (χ4n) is 4.83. The van der Waals surface area contributed by atoms with Gasteiger partial charge in [0.2, 0.25) is 0 Å². The summed E-state index contributed by atoms with van der Waals surface area (Å²) in [6.07, 6.45) is 9.59. The molecule has 0 saturated carbocycles. The van der Waals surface area contributed by atoms with Crippen molar-refractivity contribution >= 4 is 28.8 Å². The van der Waals surface area contributed by atoms with Crippen molar-refractivity contribution in [1.82, 2.24) is 0 Å². The van der Waals surface area contributed by atoms with Crippen molar-refractivity contribution in [3.63, 3.8) is 0 Å². The molecule has 0 heterocycles. The predicted molar refractivity (Wildman–Crippen MR) is 158 cm³/mol. The van der Waals surface area contributed by atoms with Gasteiger partial charge in [0.1, 0.15) is 0 Å². The summed E-state index contributed by atoms with van der Waals surface area (Å²) in [5.74, 6) is 0. The van der Waals surface area contributed by atoms with E-state index >= 15 is 0 Å². The van der Waals surface area contributed by atoms with Gasteiger partial charge < -0.3 is 4.90 Å². The van der Waals surface area contributed by atoms with Crippen molar-refractivity contribution in [2.75, 3.05) is 11.2 Å². The van der Waals surface area contributed by atoms with Crippen LogP contribution in [0.15, 0.2) is 77.7 Å². The molecular formula is C33H45NS. The van der Waals surface area contributed by atoms with E-state index < -0.39 is 0 Å². The Kier molecular flexibility index (Phi) is 9.53. The molecule has 188 valence electrons. The quantitative estimate of drug-likeness (QED) is 0.234. The van der Waals surface area contributed by atoms with Crippen molar-refractivity contribution in [3.8, 4) is 0 Å². The number of hydrogen-bond donors (Lipinski definition) is 0. The highest BCUT2D eigenvalue weighted by molar-refractivity contribution is 7.98. The molecule has 0 aliphatic carbocycles. The summed E-state index contributed by atoms with van der Waals surface area (Å²) in [5, 5.41) is 0. The Morgan fingerprint density at radius 3 is 1.23 bits per heavy atom. The van der Waals surface area contributed by atoms with E-state index in [-0.39, 0.29) is 10.8 Å². The van der Waals surface area contributed by atoms with E-state index in [1.807, 2.05) is 0 Å². The zero-order valence-electron chi connectivity index (χ0n) is 23.0. The highest BCUT2D eigenvalue weighted by Gasteiger charge is 2.22. The molecule has 0 N–H and O–H groups in total. The van der Waals surface area contributed by atoms with Crippen LogP contribution in [-0.4, -0.2) is 6.26 Å². The highest BCUT2D eigenvalue weighted by Crippen LogP contribution is 2.38. The molecule has 0 aromatic heterocycles. The Morgan fingerprint density at radius 1 is 0.571 bits per heavy atom. The zero-order valence-corrected chi connectivity index (χ0v) is 23.8. The van der Waals surface area contributed by atoms with Crippen LogP contribution in [0.2, 0.25) is 0 Å². The van der Waals surface area contributed by atoms with Crippen LogP contribution in [0, 0.1) is 0 Å². The van der Waals surface area contributed by atoms with Gasteiger partial charge in [-0.3, -0.25) is 0 Å². The van der Waals surface area contributed by atoms with Crippen LogP contribution in [0.4, 0.5) is 17.1 Å². The predicted octanol–water partition coefficient (Wildman–Crippen LogP) is 10.8. The first-order valence-corrected chi connectivity index (χ1v) is 14.6. The van der Waals surface area contributed by atoms with Gasteiger partial charge in [-0.2, -0.15) is 0 Å². The van der Waals surface area contributed by atoms with Crippen molar-refractivity contribution in [2.45, 2.75) is 95.8 Å². The van der Waals surface area contributed by atoms with E-state index in [9.17, 15) is 0 Å². The molecule has 0 aliphatic rings. The van der Waals surface area contributed by atoms with Crippen LogP contribution in [0.25, 0.3) is 0 Å². The Bertz CT molecular complexity index is 966. The Morgan fingerprint density at radius 2 is 0.914 bits per heavy atom. The van der Waals surface area contributed by atoms with Gasteiger partial charge in [-0.15, -0.1) is 11.8 Å². The van der Waals surface area contributed by atoms with Crippen LogP contribution in [-0.2, 0) is 10.8 Å². The number of thioether (sulfide) groups is 1. The third-order valence-corrected chi connectivity index (χ3v) is 8.20. The molecular weight excluding hydrogens is 442 g/mol. The van der Waals surface area contributed by atoms with Crippen LogP contribution in [0.1, 0.15) is 91.2 Å². The molecule has 2 heteroatoms. The number of benzene rings is 3. The Balaban J connectivity index is 1.98. The van der Waals surface area contributed by atoms with Crippen molar-refractivity contribution in [1.29, 1.82) is 0 Å². The molecule has 0 bridgehead atoms. The van der Waals surface area contributed by atoms with Crippen LogP contribution in [0.5, 0.6) is 0 Å². The average Bonchev–Trinajstić information content (AvgIpc) is 2.87. The SMILES string of the molecule is CCCCC(C)(C)c1ccc(N(c2ccc(SC)cc2)c2ccc(C(C)(C)CCCC)cc2)cc1. The van der Waals surface area contributed by atoms with E-state index in [0.29, 0.717) is 0 Å². The van der Waals surface area contributed by atoms with Gasteiger partial charge in [0, 0.05) is 22.0 Å². The van der Waals surface area contributed by atoms with Crippen molar-refractivity contribution in [3.05, 3.63) is 83.9 Å². The molecule has 3 aromatic carbocycles. The molecule has 3 rings (SSSR count). The second-order valence-corrected chi connectivity index (χ2v) is 12.0. The largest absolute Gasteiger partial charge is 0.311 e. The second kappa shape index (κ2) is 12.2. The van der Waals surface area contributed by atoms with Gasteiger partial charge in [-0.25, -0.2) is 0 Å². The lowest BCUT2D eigenvalue weighted by molar-refractivity contribution is 0.458. The summed E-state index contributed by atoms with van der Waals surface area (Å²) in [4.78, 5) is 3.67. The Hall–Kier alpha value is -2.19. The van der Waals surface area contributed by atoms with Gasteiger partial charge in [-0.05, 0) is 89.6 Å². The monoisotopic (exact) mass is 487 g/mol. The first kappa shape index (κ1) is 27.4. The first-order valence-electron chi connectivity index (χ1n) is 13.4. The minimum atomic E-state index is 0.199. The number of hydrogen-bond acceptors (Lipinski definition) is 2. The maximum Gasteiger partial charge on any atom is 0.0462 e. The smallest absolute Gasteiger partial charge is 0.0462 e. The second-order valence-electron chi connectivity index (χ2n) is 11.1. The minimum absolute atomic E-state index is 0.199. The third kappa shape index (κ3) is 6.94. The third-order valence-electron chi connectivity index (χ3n) is 7.46. The molecule has 0 atom stereocenters. The number of rotatable bonds is 12. The lowest BCUT2D eigenvalue weighted by atomic mass is 9.80. The van der Waals surface area contributed by atoms with E-state index in [1.54, 1.807) is 11.8 Å². The van der Waals surface area contributed by atoms with E-state index in [1.165, 1.54) is 71.6 Å². The standard InChI is InChI=1S/C33H45NS/c1-8-10-24-32(3,4)26-12-16-28(17-13-26)34(30-20-22-31(35-7)23-21-30)29-18-14-27(15-19-29)33(5,6)25-11-9-2/h12-23H,8-11,24-25H2,1-7H3. The topological polar surface area (TPSA) is 3.24 Å². The van der Waals surface area contributed by atoms with Gasteiger partial charge in [0.25, 0.3) is 0 Å². The molecule has 0 fully saturated rings. The molecule has 0 spiro atoms. The zero-order chi connectivity index (χ0) is 25.5. The maximum atomic E-state index is 2.38. The minimum Gasteiger partial charge on any atom is -0.311 e. The van der Waals surface area contributed by atoms with E-state index in [4.69, 9.17) is 0 Å². The molecule has 0 amide bonds. The normalized spacial score (nSPS) is 12.1. The van der Waals surface area contributed by atoms with Gasteiger partial charge in [0.05, 0.1) is 0 Å². The fourth-order valence-corrected chi connectivity index (χ4v) is 5.24. The number of nitrogens with zero attached hydrogens (tertiary/aromatic N) is 1. The van der Waals surface area contributed by atoms with Gasteiger partial charge in [0.15, 0.2) is 0 Å². The average molecular weight is 488 g/mol. The van der Waals surface area contributed by atoms with E-state index in [0.717, 1.165) is 0 Å². The first-order chi connectivity index (χ1) is 16.7. The summed E-state index contributed by atoms with van der Waals surface area (Å²) < 4.78 is 0. The molecule has 0 aliphatic heterocycles. The van der Waals surface area contributed by atoms with Crippen molar-refractivity contribution < 1.29 is 0 Å². The molecule has 0 radical (unpaired) electrons. The summed E-state index contributed by atoms with van der Waals surface area (Å²) >= 11 is 1.78. The highest BCUT2D eigenvalue weighted by atomic mass is 32.2. The molecule has 3 aromatic rings. The van der Waals surface area contributed by atoms with Crippen molar-refractivity contribution in [2.24, 2.45) is 0 Å². The summed E-state index contributed by atoms with van der Waals surface area (Å²) in [5.41, 5.74) is 6.83. The van der Waals surface area contributed by atoms with Crippen LogP contribution in [0.3, 0.4) is 0 Å². The Labute approximate surface area is 219 Å². The molecule has 0 saturated heterocycles. The number of unbranched alkanes of at least 4 members (excludes halogenated alkanes) is 2. The lowest BCUT2D eigenvalue weighted by Gasteiger charge is -2.30. The number of anilines is 3. The maximum absolute atomic E-state index is 2.38. The summed E-state index contributed by atoms with van der Waals surface area (Å²) in [6, 6.07) is 27.4. The fraction of sp³-hybridized carbons (Fsp3) is 0.455. The van der Waals surface area contributed by atoms with E-state index in [2.05, 4.69) is 125 Å².